The first-order valence-corrected chi connectivity index (χ1v) is 10.8. The monoisotopic (exact) mass is 405 g/mol. The van der Waals surface area contributed by atoms with Crippen molar-refractivity contribution in [1.82, 2.24) is 4.90 Å². The summed E-state index contributed by atoms with van der Waals surface area (Å²) in [7, 11) is 0. The summed E-state index contributed by atoms with van der Waals surface area (Å²) >= 11 is 0. The van der Waals surface area contributed by atoms with E-state index in [-0.39, 0.29) is 11.9 Å². The van der Waals surface area contributed by atoms with Gasteiger partial charge in [0.2, 0.25) is 0 Å². The first-order valence-electron chi connectivity index (χ1n) is 10.8. The Kier molecular flexibility index (Phi) is 6.62. The Morgan fingerprint density at radius 3 is 2.47 bits per heavy atom. The van der Waals surface area contributed by atoms with E-state index in [0.29, 0.717) is 6.54 Å². The Labute approximate surface area is 178 Å². The summed E-state index contributed by atoms with van der Waals surface area (Å²) in [5.74, 6) is 1.08. The van der Waals surface area contributed by atoms with Gasteiger partial charge < -0.3 is 19.5 Å². The molecule has 1 aromatic heterocycles. The fraction of sp³-hybridized carbons (Fsp3) is 0.320. The van der Waals surface area contributed by atoms with Crippen molar-refractivity contribution in [1.29, 1.82) is 0 Å². The smallest absolute Gasteiger partial charge is 0.278 e. The van der Waals surface area contributed by atoms with Crippen LogP contribution in [0.25, 0.3) is 0 Å². The highest BCUT2D eigenvalue weighted by Crippen LogP contribution is 2.18. The second kappa shape index (κ2) is 9.74. The minimum absolute atomic E-state index is 0.00174. The molecule has 156 valence electrons. The second-order valence-corrected chi connectivity index (χ2v) is 8.08. The molecule has 1 amide bonds. The van der Waals surface area contributed by atoms with E-state index >= 15 is 0 Å². The number of piperazine rings is 1. The van der Waals surface area contributed by atoms with Gasteiger partial charge >= 0.3 is 0 Å². The van der Waals surface area contributed by atoms with Gasteiger partial charge in [-0.15, -0.1) is 0 Å². The highest BCUT2D eigenvalue weighted by Gasteiger charge is 2.27. The van der Waals surface area contributed by atoms with E-state index in [4.69, 9.17) is 4.42 Å². The summed E-state index contributed by atoms with van der Waals surface area (Å²) in [6.07, 6.45) is 1.69. The molecule has 4 rings (SSSR count). The fourth-order valence-corrected chi connectivity index (χ4v) is 4.22. The Bertz CT molecular complexity index is 932. The number of amides is 1. The lowest BCUT2D eigenvalue weighted by atomic mass is 10.0. The van der Waals surface area contributed by atoms with Gasteiger partial charge in [0.1, 0.15) is 6.54 Å². The van der Waals surface area contributed by atoms with Crippen LogP contribution < -0.4 is 10.2 Å². The van der Waals surface area contributed by atoms with Crippen LogP contribution >= 0.6 is 0 Å². The predicted molar refractivity (Wildman–Crippen MR) is 116 cm³/mol. The molecule has 0 spiro atoms. The van der Waals surface area contributed by atoms with Gasteiger partial charge in [-0.1, -0.05) is 54.6 Å². The van der Waals surface area contributed by atoms with Crippen LogP contribution in [0.3, 0.4) is 0 Å². The lowest BCUT2D eigenvalue weighted by Crippen LogP contribution is -3.13. The number of aryl methyl sites for hydroxylation is 1. The summed E-state index contributed by atoms with van der Waals surface area (Å²) < 4.78 is 5.65. The molecule has 0 saturated carbocycles. The molecule has 0 aliphatic carbocycles. The molecule has 1 aliphatic heterocycles. The SMILES string of the molecule is Cc1ccccc1C[NH+]1CCN(C(=O)C[NH2+][C@H](c2ccccc2)c2ccco2)CC1. The van der Waals surface area contributed by atoms with Crippen molar-refractivity contribution in [2.24, 2.45) is 0 Å². The molecule has 2 aromatic carbocycles. The Hall–Kier alpha value is -2.89. The van der Waals surface area contributed by atoms with E-state index in [1.807, 2.05) is 35.2 Å². The molecular formula is C25H31N3O2+2. The summed E-state index contributed by atoms with van der Waals surface area (Å²) in [6, 6.07) is 22.7. The number of carbonyl (C=O) groups is 1. The number of nitrogens with one attached hydrogen (secondary N) is 1. The average molecular weight is 406 g/mol. The lowest BCUT2D eigenvalue weighted by molar-refractivity contribution is -0.917. The first kappa shape index (κ1) is 20.4. The van der Waals surface area contributed by atoms with E-state index in [0.717, 1.165) is 44.0 Å². The van der Waals surface area contributed by atoms with Crippen molar-refractivity contribution in [3.05, 3.63) is 95.4 Å². The van der Waals surface area contributed by atoms with E-state index in [1.54, 1.807) is 11.2 Å². The molecule has 0 bridgehead atoms. The zero-order valence-corrected chi connectivity index (χ0v) is 17.6. The summed E-state index contributed by atoms with van der Waals surface area (Å²) in [6.45, 7) is 7.28. The molecule has 5 nitrogen and oxygen atoms in total. The lowest BCUT2D eigenvalue weighted by Gasteiger charge is -2.32. The van der Waals surface area contributed by atoms with E-state index in [9.17, 15) is 4.79 Å². The van der Waals surface area contributed by atoms with Gasteiger partial charge in [0, 0.05) is 11.1 Å². The number of hydrogen-bond acceptors (Lipinski definition) is 2. The van der Waals surface area contributed by atoms with Gasteiger partial charge in [0.15, 0.2) is 18.3 Å². The highest BCUT2D eigenvalue weighted by atomic mass is 16.3. The largest absolute Gasteiger partial charge is 0.463 e. The van der Waals surface area contributed by atoms with Crippen molar-refractivity contribution in [3.63, 3.8) is 0 Å². The number of quaternary nitrogens is 2. The standard InChI is InChI=1S/C25H29N3O2/c1-20-8-5-6-11-22(20)19-27-13-15-28(16-14-27)24(29)18-26-25(23-12-7-17-30-23)21-9-3-2-4-10-21/h2-12,17,25-26H,13-16,18-19H2,1H3/p+2/t25-/m1/s1. The Morgan fingerprint density at radius 2 is 1.77 bits per heavy atom. The molecule has 1 atom stereocenters. The van der Waals surface area contributed by atoms with Crippen LogP contribution in [0.5, 0.6) is 0 Å². The molecule has 0 radical (unpaired) electrons. The van der Waals surface area contributed by atoms with Crippen LogP contribution in [0.15, 0.2) is 77.4 Å². The molecule has 1 aliphatic rings. The van der Waals surface area contributed by atoms with Gasteiger partial charge in [-0.05, 0) is 24.6 Å². The molecule has 1 saturated heterocycles. The molecular weight excluding hydrogens is 374 g/mol. The first-order chi connectivity index (χ1) is 14.7. The number of nitrogens with zero attached hydrogens (tertiary/aromatic N) is 1. The molecule has 2 heterocycles. The number of benzene rings is 2. The maximum Gasteiger partial charge on any atom is 0.278 e. The topological polar surface area (TPSA) is 54.5 Å². The van der Waals surface area contributed by atoms with Gasteiger partial charge in [-0.3, -0.25) is 4.79 Å². The Morgan fingerprint density at radius 1 is 1.03 bits per heavy atom. The van der Waals surface area contributed by atoms with Gasteiger partial charge in [-0.2, -0.15) is 0 Å². The van der Waals surface area contributed by atoms with Gasteiger partial charge in [-0.25, -0.2) is 0 Å². The summed E-state index contributed by atoms with van der Waals surface area (Å²) in [5.41, 5.74) is 3.90. The third-order valence-corrected chi connectivity index (χ3v) is 6.06. The molecule has 0 unspecified atom stereocenters. The predicted octanol–water partition coefficient (Wildman–Crippen LogP) is 1.17. The summed E-state index contributed by atoms with van der Waals surface area (Å²) in [4.78, 5) is 16.4. The quantitative estimate of drug-likeness (QED) is 0.620. The van der Waals surface area contributed by atoms with Crippen LogP contribution in [0, 0.1) is 6.92 Å². The van der Waals surface area contributed by atoms with Crippen molar-refractivity contribution in [2.45, 2.75) is 19.5 Å². The average Bonchev–Trinajstić information content (AvgIpc) is 3.31. The third kappa shape index (κ3) is 4.99. The number of hydrogen-bond donors (Lipinski definition) is 2. The highest BCUT2D eigenvalue weighted by molar-refractivity contribution is 5.77. The van der Waals surface area contributed by atoms with Crippen molar-refractivity contribution in [2.75, 3.05) is 32.7 Å². The third-order valence-electron chi connectivity index (χ3n) is 6.06. The number of nitrogens with two attached hydrogens (primary N) is 1. The van der Waals surface area contributed by atoms with Crippen LogP contribution in [0.1, 0.15) is 28.5 Å². The Balaban J connectivity index is 1.30. The minimum Gasteiger partial charge on any atom is -0.463 e. The van der Waals surface area contributed by atoms with Crippen LogP contribution in [-0.2, 0) is 11.3 Å². The number of furan rings is 1. The molecule has 5 heteroatoms. The van der Waals surface area contributed by atoms with Crippen molar-refractivity contribution >= 4 is 5.91 Å². The fourth-order valence-electron chi connectivity index (χ4n) is 4.22. The van der Waals surface area contributed by atoms with Gasteiger partial charge in [0.25, 0.3) is 5.91 Å². The van der Waals surface area contributed by atoms with Crippen molar-refractivity contribution < 1.29 is 19.4 Å². The van der Waals surface area contributed by atoms with E-state index in [2.05, 4.69) is 48.6 Å². The maximum absolute atomic E-state index is 12.9. The second-order valence-electron chi connectivity index (χ2n) is 8.08. The molecule has 1 fully saturated rings. The van der Waals surface area contributed by atoms with Crippen LogP contribution in [0.2, 0.25) is 0 Å². The van der Waals surface area contributed by atoms with Crippen LogP contribution in [0.4, 0.5) is 0 Å². The zero-order valence-electron chi connectivity index (χ0n) is 17.6. The van der Waals surface area contributed by atoms with E-state index < -0.39 is 0 Å². The number of rotatable bonds is 7. The summed E-state index contributed by atoms with van der Waals surface area (Å²) in [5, 5.41) is 2.09. The normalized spacial score (nSPS) is 15.8. The van der Waals surface area contributed by atoms with Crippen molar-refractivity contribution in [3.8, 4) is 0 Å². The van der Waals surface area contributed by atoms with E-state index in [1.165, 1.54) is 11.1 Å². The molecule has 3 N–H and O–H groups in total. The molecule has 3 aromatic rings. The van der Waals surface area contributed by atoms with Crippen LogP contribution in [-0.4, -0.2) is 43.5 Å². The van der Waals surface area contributed by atoms with Gasteiger partial charge in [0.05, 0.1) is 32.4 Å². The molecule has 30 heavy (non-hydrogen) atoms. The maximum atomic E-state index is 12.9. The minimum atomic E-state index is -0.00174. The number of carbonyl (C=O) groups excluding carboxylic acids is 1. The zero-order chi connectivity index (χ0) is 20.8.